The Kier molecular flexibility index (Phi) is 8.85. The van der Waals surface area contributed by atoms with Crippen LogP contribution in [0.25, 0.3) is 0 Å². The van der Waals surface area contributed by atoms with Gasteiger partial charge in [-0.15, -0.1) is 0 Å². The highest BCUT2D eigenvalue weighted by Crippen LogP contribution is 2.29. The number of nitrogens with one attached hydrogen (secondary N) is 2. The summed E-state index contributed by atoms with van der Waals surface area (Å²) in [6, 6.07) is 29.9. The van der Waals surface area contributed by atoms with Crippen molar-refractivity contribution in [1.29, 1.82) is 0 Å². The minimum atomic E-state index is 0.174. The van der Waals surface area contributed by atoms with Gasteiger partial charge in [-0.3, -0.25) is 0 Å². The number of hydrogen-bond acceptors (Lipinski definition) is 6. The zero-order chi connectivity index (χ0) is 29.6. The SMILES string of the molecule is CNC1=Nc2ccc(Cl)cc2C(c2ccccc2)=[N+]([O-])C1.CNC1=Nc2ccc(Cl)cc2C(c2ccccc2)=[N+]([O-])C1. The van der Waals surface area contributed by atoms with E-state index in [-0.39, 0.29) is 13.1 Å². The number of likely N-dealkylation sites (N-methyl/N-ethyl adjacent to an activating group) is 2. The zero-order valence-electron chi connectivity index (χ0n) is 23.0. The molecule has 42 heavy (non-hydrogen) atoms. The molecular formula is C32H28Cl2N6O2. The van der Waals surface area contributed by atoms with E-state index < -0.39 is 0 Å². The number of aliphatic imine (C=N–C) groups is 2. The van der Waals surface area contributed by atoms with Crippen molar-refractivity contribution in [1.82, 2.24) is 10.6 Å². The lowest BCUT2D eigenvalue weighted by Gasteiger charge is -2.10. The second-order valence-corrected chi connectivity index (χ2v) is 10.3. The van der Waals surface area contributed by atoms with E-state index in [0.717, 1.165) is 43.1 Å². The third-order valence-electron chi connectivity index (χ3n) is 6.70. The molecule has 8 nitrogen and oxygen atoms in total. The number of benzene rings is 4. The molecule has 0 atom stereocenters. The molecule has 4 aromatic rings. The zero-order valence-corrected chi connectivity index (χ0v) is 24.5. The first-order valence-electron chi connectivity index (χ1n) is 13.2. The van der Waals surface area contributed by atoms with Crippen LogP contribution in [-0.2, 0) is 0 Å². The quantitative estimate of drug-likeness (QED) is 0.221. The first-order chi connectivity index (χ1) is 20.4. The van der Waals surface area contributed by atoms with E-state index in [0.29, 0.717) is 33.1 Å². The highest BCUT2D eigenvalue weighted by molar-refractivity contribution is 6.32. The van der Waals surface area contributed by atoms with Crippen molar-refractivity contribution >= 4 is 57.7 Å². The fourth-order valence-corrected chi connectivity index (χ4v) is 5.06. The van der Waals surface area contributed by atoms with Gasteiger partial charge >= 0.3 is 0 Å². The molecule has 6 rings (SSSR count). The number of rotatable bonds is 2. The molecule has 10 heteroatoms. The van der Waals surface area contributed by atoms with Gasteiger partial charge in [0, 0.05) is 35.3 Å². The maximum absolute atomic E-state index is 12.6. The molecule has 2 N–H and O–H groups in total. The summed E-state index contributed by atoms with van der Waals surface area (Å²) in [4.78, 5) is 9.02. The highest BCUT2D eigenvalue weighted by atomic mass is 35.5. The van der Waals surface area contributed by atoms with Crippen molar-refractivity contribution in [2.45, 2.75) is 0 Å². The predicted octanol–water partition coefficient (Wildman–Crippen LogP) is 5.90. The summed E-state index contributed by atoms with van der Waals surface area (Å²) >= 11 is 12.2. The largest absolute Gasteiger partial charge is 0.623 e. The van der Waals surface area contributed by atoms with Gasteiger partial charge in [-0.05, 0) is 60.7 Å². The summed E-state index contributed by atoms with van der Waals surface area (Å²) in [6.07, 6.45) is 0. The fraction of sp³-hybridized carbons (Fsp3) is 0.125. The summed E-state index contributed by atoms with van der Waals surface area (Å²) in [7, 11) is 3.52. The smallest absolute Gasteiger partial charge is 0.228 e. The molecule has 2 heterocycles. The van der Waals surface area contributed by atoms with Crippen LogP contribution in [0, 0.1) is 10.4 Å². The number of fused-ring (bicyclic) bond motifs is 2. The topological polar surface area (TPSA) is 101 Å². The molecule has 0 bridgehead atoms. The van der Waals surface area contributed by atoms with Gasteiger partial charge in [-0.1, -0.05) is 59.6 Å². The monoisotopic (exact) mass is 598 g/mol. The first kappa shape index (κ1) is 28.9. The van der Waals surface area contributed by atoms with Gasteiger partial charge in [-0.25, -0.2) is 9.98 Å². The van der Waals surface area contributed by atoms with Crippen LogP contribution in [-0.4, -0.2) is 59.8 Å². The van der Waals surface area contributed by atoms with Crippen LogP contribution < -0.4 is 10.6 Å². The van der Waals surface area contributed by atoms with Gasteiger partial charge < -0.3 is 21.0 Å². The van der Waals surface area contributed by atoms with E-state index in [1.54, 1.807) is 38.4 Å². The Morgan fingerprint density at radius 2 is 0.976 bits per heavy atom. The van der Waals surface area contributed by atoms with Gasteiger partial charge in [0.25, 0.3) is 0 Å². The Morgan fingerprint density at radius 3 is 1.33 bits per heavy atom. The van der Waals surface area contributed by atoms with Gasteiger partial charge in [0.15, 0.2) is 11.7 Å². The van der Waals surface area contributed by atoms with E-state index in [9.17, 15) is 10.4 Å². The molecule has 0 saturated carbocycles. The highest BCUT2D eigenvalue weighted by Gasteiger charge is 2.25. The standard InChI is InChI=1S/2C16H14ClN3O/c2*1-18-15-10-20(21)16(11-5-3-2-4-6-11)13-9-12(17)7-8-14(13)19-15/h2*2-9H,10H2,1H3,(H,18,19). The molecule has 4 aromatic carbocycles. The number of hydrogen-bond donors (Lipinski definition) is 2. The van der Waals surface area contributed by atoms with Crippen molar-refractivity contribution in [2.75, 3.05) is 27.2 Å². The minimum absolute atomic E-state index is 0.174. The van der Waals surface area contributed by atoms with E-state index in [4.69, 9.17) is 23.2 Å². The summed E-state index contributed by atoms with van der Waals surface area (Å²) in [6.45, 7) is 0.347. The molecule has 0 aliphatic carbocycles. The number of nitrogens with zero attached hydrogens (tertiary/aromatic N) is 4. The van der Waals surface area contributed by atoms with Crippen molar-refractivity contribution in [3.63, 3.8) is 0 Å². The molecule has 2 aliphatic rings. The third-order valence-corrected chi connectivity index (χ3v) is 7.17. The maximum atomic E-state index is 12.6. The molecule has 0 fully saturated rings. The van der Waals surface area contributed by atoms with Gasteiger partial charge in [0.05, 0.1) is 22.5 Å². The van der Waals surface area contributed by atoms with Crippen LogP contribution in [0.5, 0.6) is 0 Å². The van der Waals surface area contributed by atoms with Gasteiger partial charge in [-0.2, -0.15) is 9.48 Å². The van der Waals surface area contributed by atoms with Crippen molar-refractivity contribution < 1.29 is 9.48 Å². The second kappa shape index (κ2) is 12.9. The summed E-state index contributed by atoms with van der Waals surface area (Å²) < 4.78 is 1.90. The predicted molar refractivity (Wildman–Crippen MR) is 172 cm³/mol. The molecule has 0 aromatic heterocycles. The van der Waals surface area contributed by atoms with Crippen molar-refractivity contribution in [3.8, 4) is 0 Å². The maximum Gasteiger partial charge on any atom is 0.228 e. The van der Waals surface area contributed by atoms with E-state index in [1.165, 1.54) is 0 Å². The third kappa shape index (κ3) is 6.30. The lowest BCUT2D eigenvalue weighted by Crippen LogP contribution is -2.29. The Bertz CT molecular complexity index is 1610. The number of hydroxylamine groups is 2. The number of amidine groups is 2. The molecule has 0 unspecified atom stereocenters. The van der Waals surface area contributed by atoms with Crippen LogP contribution in [0.1, 0.15) is 22.3 Å². The van der Waals surface area contributed by atoms with Crippen molar-refractivity contribution in [3.05, 3.63) is 140 Å². The minimum Gasteiger partial charge on any atom is -0.623 e. The van der Waals surface area contributed by atoms with E-state index in [1.807, 2.05) is 72.8 Å². The van der Waals surface area contributed by atoms with Crippen LogP contribution in [0.3, 0.4) is 0 Å². The Hall–Kier alpha value is -4.66. The van der Waals surface area contributed by atoms with Crippen molar-refractivity contribution in [2.24, 2.45) is 9.98 Å². The normalized spacial score (nSPS) is 14.3. The average Bonchev–Trinajstić information content (AvgIpc) is 3.23. The molecule has 0 radical (unpaired) electrons. The first-order valence-corrected chi connectivity index (χ1v) is 14.0. The van der Waals surface area contributed by atoms with Crippen LogP contribution in [0.4, 0.5) is 11.4 Å². The molecular weight excluding hydrogens is 571 g/mol. The fourth-order valence-electron chi connectivity index (χ4n) is 4.71. The van der Waals surface area contributed by atoms with E-state index >= 15 is 0 Å². The molecule has 2 aliphatic heterocycles. The van der Waals surface area contributed by atoms with Gasteiger partial charge in [0.1, 0.15) is 0 Å². The second-order valence-electron chi connectivity index (χ2n) is 9.44. The lowest BCUT2D eigenvalue weighted by molar-refractivity contribution is -0.439. The average molecular weight is 600 g/mol. The van der Waals surface area contributed by atoms with Crippen LogP contribution in [0.15, 0.2) is 107 Å². The Morgan fingerprint density at radius 1 is 0.595 bits per heavy atom. The molecule has 0 saturated heterocycles. The van der Waals surface area contributed by atoms with Crippen LogP contribution in [0.2, 0.25) is 10.0 Å². The van der Waals surface area contributed by atoms with Gasteiger partial charge in [0.2, 0.25) is 24.5 Å². The summed E-state index contributed by atoms with van der Waals surface area (Å²) in [5.41, 5.74) is 5.83. The summed E-state index contributed by atoms with van der Waals surface area (Å²) in [5, 5.41) is 32.2. The Balaban J connectivity index is 0.000000168. The van der Waals surface area contributed by atoms with E-state index in [2.05, 4.69) is 20.6 Å². The summed E-state index contributed by atoms with van der Waals surface area (Å²) in [5.74, 6) is 1.25. The lowest BCUT2D eigenvalue weighted by atomic mass is 10.0. The Labute approximate surface area is 254 Å². The molecule has 0 spiro atoms. The molecule has 212 valence electrons. The molecule has 0 amide bonds. The number of halogens is 2. The van der Waals surface area contributed by atoms with Crippen LogP contribution >= 0.6 is 23.2 Å².